The highest BCUT2D eigenvalue weighted by molar-refractivity contribution is 7.90. The third-order valence-electron chi connectivity index (χ3n) is 6.04. The van der Waals surface area contributed by atoms with E-state index >= 15 is 0 Å². The quantitative estimate of drug-likeness (QED) is 0.141. The molecule has 0 aliphatic carbocycles. The van der Waals surface area contributed by atoms with Gasteiger partial charge in [0.25, 0.3) is 0 Å². The Bertz CT molecular complexity index is 1790. The van der Waals surface area contributed by atoms with Crippen molar-refractivity contribution in [2.24, 2.45) is 5.16 Å². The minimum Gasteiger partial charge on any atom is -0.341 e. The maximum absolute atomic E-state index is 13.7. The zero-order valence-corrected chi connectivity index (χ0v) is 20.8. The largest absolute Gasteiger partial charge is 0.445 e. The number of sulfone groups is 1. The molecule has 37 heavy (non-hydrogen) atoms. The highest BCUT2D eigenvalue weighted by Gasteiger charge is 2.21. The Morgan fingerprint density at radius 1 is 0.946 bits per heavy atom. The average molecular weight is 515 g/mol. The maximum atomic E-state index is 13.7. The van der Waals surface area contributed by atoms with E-state index in [2.05, 4.69) is 14.7 Å². The highest BCUT2D eigenvalue weighted by Crippen LogP contribution is 2.32. The van der Waals surface area contributed by atoms with E-state index in [4.69, 9.17) is 4.84 Å². The topological polar surface area (TPSA) is 113 Å². The number of benzene rings is 3. The van der Waals surface area contributed by atoms with Crippen molar-refractivity contribution in [3.05, 3.63) is 96.6 Å². The van der Waals surface area contributed by atoms with E-state index in [1.54, 1.807) is 60.7 Å². The molecule has 5 rings (SSSR count). The van der Waals surface area contributed by atoms with Crippen molar-refractivity contribution in [3.63, 3.8) is 0 Å². The van der Waals surface area contributed by atoms with Gasteiger partial charge < -0.3 is 4.57 Å². The summed E-state index contributed by atoms with van der Waals surface area (Å²) in [5, 5.41) is 5.37. The molecule has 3 aromatic carbocycles. The van der Waals surface area contributed by atoms with Gasteiger partial charge in [0, 0.05) is 58.1 Å². The molecule has 0 bridgehead atoms. The normalized spacial score (nSPS) is 12.2. The third-order valence-corrected chi connectivity index (χ3v) is 7.15. The number of nitrogens with zero attached hydrogens (tertiary/aromatic N) is 4. The molecule has 5 aromatic rings. The summed E-state index contributed by atoms with van der Waals surface area (Å²) in [4.78, 5) is 35.0. The monoisotopic (exact) mass is 514 g/mol. The fourth-order valence-electron chi connectivity index (χ4n) is 4.25. The van der Waals surface area contributed by atoms with Gasteiger partial charge in [0.05, 0.1) is 4.90 Å². The van der Waals surface area contributed by atoms with Gasteiger partial charge in [0.1, 0.15) is 6.33 Å². The average Bonchev–Trinajstić information content (AvgIpc) is 3.54. The maximum Gasteiger partial charge on any atom is 0.445 e. The Kier molecular flexibility index (Phi) is 6.18. The molecule has 0 aliphatic heterocycles. The van der Waals surface area contributed by atoms with E-state index in [-0.39, 0.29) is 10.6 Å². The van der Waals surface area contributed by atoms with Crippen molar-refractivity contribution in [3.8, 4) is 0 Å². The minimum atomic E-state index is -3.42. The molecule has 0 radical (unpaired) electrons. The van der Waals surface area contributed by atoms with Gasteiger partial charge >= 0.3 is 6.09 Å². The number of imidazole rings is 1. The van der Waals surface area contributed by atoms with Crippen LogP contribution in [0.4, 0.5) is 4.79 Å². The van der Waals surface area contributed by atoms with Crippen LogP contribution >= 0.6 is 0 Å². The van der Waals surface area contributed by atoms with E-state index in [1.807, 2.05) is 13.0 Å². The van der Waals surface area contributed by atoms with Gasteiger partial charge in [0.15, 0.2) is 15.5 Å². The van der Waals surface area contributed by atoms with Crippen LogP contribution < -0.4 is 0 Å². The number of aryl methyl sites for hydroxylation is 1. The van der Waals surface area contributed by atoms with Crippen molar-refractivity contribution in [1.29, 1.82) is 0 Å². The molecule has 186 valence electrons. The summed E-state index contributed by atoms with van der Waals surface area (Å²) < 4.78 is 27.6. The van der Waals surface area contributed by atoms with Crippen LogP contribution in [0, 0.1) is 0 Å². The van der Waals surface area contributed by atoms with Gasteiger partial charge in [-0.15, -0.1) is 0 Å². The van der Waals surface area contributed by atoms with Gasteiger partial charge in [0.2, 0.25) is 5.78 Å². The summed E-state index contributed by atoms with van der Waals surface area (Å²) >= 11 is 0. The second-order valence-corrected chi connectivity index (χ2v) is 10.4. The number of carbonyl (C=O) groups excluding carboxylic acids is 2. The molecule has 0 aliphatic rings. The zero-order valence-electron chi connectivity index (χ0n) is 20.0. The van der Waals surface area contributed by atoms with Gasteiger partial charge in [-0.2, -0.15) is 0 Å². The van der Waals surface area contributed by atoms with Crippen LogP contribution in [-0.2, 0) is 21.2 Å². The Morgan fingerprint density at radius 3 is 2.30 bits per heavy atom. The summed E-state index contributed by atoms with van der Waals surface area (Å²) in [7, 11) is -3.42. The van der Waals surface area contributed by atoms with Crippen LogP contribution in [0.3, 0.4) is 0 Å². The summed E-state index contributed by atoms with van der Waals surface area (Å²) in [5.41, 5.74) is 2.46. The molecule has 2 aromatic heterocycles. The fraction of sp³-hybridized carbons (Fsp3) is 0.111. The predicted octanol–water partition coefficient (Wildman–Crippen LogP) is 4.69. The Balaban J connectivity index is 1.63. The van der Waals surface area contributed by atoms with Crippen LogP contribution in [0.15, 0.2) is 95.5 Å². The number of aromatic nitrogens is 3. The number of ketones is 1. The first-order chi connectivity index (χ1) is 17.8. The van der Waals surface area contributed by atoms with E-state index in [1.165, 1.54) is 18.7 Å². The van der Waals surface area contributed by atoms with Crippen molar-refractivity contribution < 1.29 is 22.8 Å². The predicted molar refractivity (Wildman–Crippen MR) is 140 cm³/mol. The number of hydrogen-bond acceptors (Lipinski definition) is 7. The second-order valence-electron chi connectivity index (χ2n) is 8.39. The molecule has 0 spiro atoms. The number of fused-ring (bicyclic) bond motifs is 3. The summed E-state index contributed by atoms with van der Waals surface area (Å²) in [6.45, 7) is 2.66. The number of oxime groups is 1. The van der Waals surface area contributed by atoms with Crippen molar-refractivity contribution >= 4 is 49.2 Å². The standard InChI is InChI=1S/C27H22N4O5S/c1-3-31-23-11-9-19(15-21(23)22-16-20(37(2,34)35)10-12-24(22)31)26(32)25(18-7-5-4-6-8-18)29-36-27(33)30-14-13-28-17-30/h4-17H,3H2,1-2H3/b29-25+. The Hall–Kier alpha value is -4.57. The molecule has 0 atom stereocenters. The van der Waals surface area contributed by atoms with Gasteiger partial charge in [-0.25, -0.2) is 22.8 Å². The van der Waals surface area contributed by atoms with E-state index < -0.39 is 21.7 Å². The second kappa shape index (κ2) is 9.47. The summed E-state index contributed by atoms with van der Waals surface area (Å²) in [6, 6.07) is 18.9. The van der Waals surface area contributed by atoms with E-state index in [0.717, 1.165) is 32.6 Å². The summed E-state index contributed by atoms with van der Waals surface area (Å²) in [6.07, 6.45) is 4.45. The zero-order chi connectivity index (χ0) is 26.2. The highest BCUT2D eigenvalue weighted by atomic mass is 32.2. The van der Waals surface area contributed by atoms with Gasteiger partial charge in [-0.3, -0.25) is 9.63 Å². The SMILES string of the molecule is CCn1c2ccc(C(=O)/C(=N/OC(=O)n3ccnc3)c3ccccc3)cc2c2cc(S(C)(=O)=O)ccc21. The summed E-state index contributed by atoms with van der Waals surface area (Å²) in [5.74, 6) is -0.455. The molecule has 0 saturated carbocycles. The van der Waals surface area contributed by atoms with Crippen LogP contribution in [0.2, 0.25) is 0 Å². The number of rotatable bonds is 6. The van der Waals surface area contributed by atoms with Crippen LogP contribution in [0.25, 0.3) is 21.8 Å². The van der Waals surface area contributed by atoms with Gasteiger partial charge in [-0.05, 0) is 43.3 Å². The van der Waals surface area contributed by atoms with Gasteiger partial charge in [-0.1, -0.05) is 35.5 Å². The Labute approximate surface area is 212 Å². The lowest BCUT2D eigenvalue weighted by molar-refractivity contribution is 0.105. The third kappa shape index (κ3) is 4.54. The number of hydrogen-bond donors (Lipinski definition) is 0. The first kappa shape index (κ1) is 24.1. The molecule has 9 nitrogen and oxygen atoms in total. The van der Waals surface area contributed by atoms with Crippen LogP contribution in [0.1, 0.15) is 22.8 Å². The molecule has 0 unspecified atom stereocenters. The number of Topliss-reactive ketones (excluding diaryl/α,β-unsaturated/α-hetero) is 1. The molecule has 0 amide bonds. The molecule has 2 heterocycles. The van der Waals surface area contributed by atoms with E-state index in [0.29, 0.717) is 17.7 Å². The van der Waals surface area contributed by atoms with Crippen LogP contribution in [0.5, 0.6) is 0 Å². The lowest BCUT2D eigenvalue weighted by atomic mass is 9.99. The fourth-order valence-corrected chi connectivity index (χ4v) is 4.90. The Morgan fingerprint density at radius 2 is 1.65 bits per heavy atom. The minimum absolute atomic E-state index is 0.0514. The molecule has 0 fully saturated rings. The van der Waals surface area contributed by atoms with Crippen LogP contribution in [-0.4, -0.2) is 46.4 Å². The number of carbonyl (C=O) groups is 2. The van der Waals surface area contributed by atoms with E-state index in [9.17, 15) is 18.0 Å². The smallest absolute Gasteiger partial charge is 0.341 e. The molecule has 0 saturated heterocycles. The first-order valence-electron chi connectivity index (χ1n) is 11.4. The first-order valence-corrected chi connectivity index (χ1v) is 13.3. The lowest BCUT2D eigenvalue weighted by Gasteiger charge is -2.07. The molecular weight excluding hydrogens is 492 g/mol. The molecule has 10 heteroatoms. The van der Waals surface area contributed by atoms with Crippen molar-refractivity contribution in [2.75, 3.05) is 6.26 Å². The van der Waals surface area contributed by atoms with Crippen molar-refractivity contribution in [1.82, 2.24) is 14.1 Å². The molecule has 0 N–H and O–H groups in total. The van der Waals surface area contributed by atoms with Crippen molar-refractivity contribution in [2.45, 2.75) is 18.4 Å². The molecular formula is C27H22N4O5S. The lowest BCUT2D eigenvalue weighted by Crippen LogP contribution is -2.18.